The standard InChI is InChI=1S/C18H31NO2/c1-5-7-8-14(6-2)18(20)16(12-19)15-10-9-13(3)17(11-15)21-4/h9-11,14,16,18,20H,5-8,12,19H2,1-4H3. The molecule has 0 heterocycles. The van der Waals surface area contributed by atoms with Crippen LogP contribution in [0.5, 0.6) is 5.75 Å². The molecule has 0 aromatic heterocycles. The Morgan fingerprint density at radius 3 is 2.52 bits per heavy atom. The van der Waals surface area contributed by atoms with Gasteiger partial charge in [0.25, 0.3) is 0 Å². The van der Waals surface area contributed by atoms with E-state index in [9.17, 15) is 5.11 Å². The summed E-state index contributed by atoms with van der Waals surface area (Å²) >= 11 is 0. The van der Waals surface area contributed by atoms with Crippen LogP contribution in [0.2, 0.25) is 0 Å². The maximum absolute atomic E-state index is 10.8. The zero-order chi connectivity index (χ0) is 15.8. The summed E-state index contributed by atoms with van der Waals surface area (Å²) in [6.07, 6.45) is 3.98. The lowest BCUT2D eigenvalue weighted by Gasteiger charge is -2.29. The Hall–Kier alpha value is -1.06. The van der Waals surface area contributed by atoms with Crippen LogP contribution in [0.4, 0.5) is 0 Å². The zero-order valence-corrected chi connectivity index (χ0v) is 13.9. The van der Waals surface area contributed by atoms with E-state index in [0.29, 0.717) is 12.5 Å². The maximum atomic E-state index is 10.8. The fourth-order valence-corrected chi connectivity index (χ4v) is 2.95. The van der Waals surface area contributed by atoms with Gasteiger partial charge in [-0.15, -0.1) is 0 Å². The summed E-state index contributed by atoms with van der Waals surface area (Å²) in [5.74, 6) is 1.15. The molecule has 21 heavy (non-hydrogen) atoms. The lowest BCUT2D eigenvalue weighted by molar-refractivity contribution is 0.0743. The lowest BCUT2D eigenvalue weighted by atomic mass is 9.82. The van der Waals surface area contributed by atoms with Crippen molar-refractivity contribution in [1.82, 2.24) is 0 Å². The third kappa shape index (κ3) is 4.72. The van der Waals surface area contributed by atoms with Crippen LogP contribution in [-0.4, -0.2) is 24.9 Å². The molecule has 0 aliphatic heterocycles. The molecule has 0 aliphatic rings. The molecule has 1 aromatic carbocycles. The minimum absolute atomic E-state index is 0.0266. The van der Waals surface area contributed by atoms with Crippen molar-refractivity contribution >= 4 is 0 Å². The van der Waals surface area contributed by atoms with Gasteiger partial charge in [0.1, 0.15) is 5.75 Å². The molecule has 120 valence electrons. The molecule has 3 N–H and O–H groups in total. The first-order chi connectivity index (χ1) is 10.1. The Labute approximate surface area is 129 Å². The minimum atomic E-state index is -0.390. The first-order valence-corrected chi connectivity index (χ1v) is 8.11. The Morgan fingerprint density at radius 2 is 2.00 bits per heavy atom. The molecule has 0 spiro atoms. The Bertz CT molecular complexity index is 420. The van der Waals surface area contributed by atoms with Crippen molar-refractivity contribution in [1.29, 1.82) is 0 Å². The molecule has 3 nitrogen and oxygen atoms in total. The normalized spacial score (nSPS) is 15.5. The fourth-order valence-electron chi connectivity index (χ4n) is 2.95. The third-order valence-corrected chi connectivity index (χ3v) is 4.46. The number of aryl methyl sites for hydroxylation is 1. The summed E-state index contributed by atoms with van der Waals surface area (Å²) in [4.78, 5) is 0. The molecule has 3 heteroatoms. The molecule has 1 aromatic rings. The Morgan fingerprint density at radius 1 is 1.29 bits per heavy atom. The van der Waals surface area contributed by atoms with Crippen molar-refractivity contribution < 1.29 is 9.84 Å². The van der Waals surface area contributed by atoms with E-state index in [2.05, 4.69) is 19.9 Å². The number of ether oxygens (including phenoxy) is 1. The second kappa shape index (κ2) is 9.06. The van der Waals surface area contributed by atoms with Crippen molar-refractivity contribution in [3.8, 4) is 5.75 Å². The largest absolute Gasteiger partial charge is 0.496 e. The first kappa shape index (κ1) is 18.0. The molecule has 0 aliphatic carbocycles. The van der Waals surface area contributed by atoms with Crippen LogP contribution in [0, 0.1) is 12.8 Å². The van der Waals surface area contributed by atoms with Gasteiger partial charge in [-0.1, -0.05) is 45.2 Å². The van der Waals surface area contributed by atoms with E-state index in [4.69, 9.17) is 10.5 Å². The van der Waals surface area contributed by atoms with Crippen molar-refractivity contribution in [3.05, 3.63) is 29.3 Å². The van der Waals surface area contributed by atoms with Gasteiger partial charge in [-0.05, 0) is 36.5 Å². The van der Waals surface area contributed by atoms with Gasteiger partial charge in [0.05, 0.1) is 13.2 Å². The van der Waals surface area contributed by atoms with Gasteiger partial charge in [0.15, 0.2) is 0 Å². The van der Waals surface area contributed by atoms with E-state index in [1.54, 1.807) is 7.11 Å². The van der Waals surface area contributed by atoms with E-state index >= 15 is 0 Å². The van der Waals surface area contributed by atoms with Gasteiger partial charge >= 0.3 is 0 Å². The van der Waals surface area contributed by atoms with Crippen molar-refractivity contribution in [2.45, 2.75) is 58.5 Å². The van der Waals surface area contributed by atoms with Gasteiger partial charge in [-0.25, -0.2) is 0 Å². The number of aliphatic hydroxyl groups is 1. The molecular formula is C18H31NO2. The number of nitrogens with two attached hydrogens (primary N) is 1. The molecule has 0 radical (unpaired) electrons. The van der Waals surface area contributed by atoms with Crippen molar-refractivity contribution in [2.24, 2.45) is 11.7 Å². The smallest absolute Gasteiger partial charge is 0.122 e. The van der Waals surface area contributed by atoms with Crippen LogP contribution in [0.25, 0.3) is 0 Å². The number of aliphatic hydroxyl groups excluding tert-OH is 1. The zero-order valence-electron chi connectivity index (χ0n) is 13.9. The number of hydrogen-bond acceptors (Lipinski definition) is 3. The average molecular weight is 293 g/mol. The summed E-state index contributed by atoms with van der Waals surface area (Å²) in [5.41, 5.74) is 8.13. The van der Waals surface area contributed by atoms with E-state index in [0.717, 1.165) is 42.6 Å². The highest BCUT2D eigenvalue weighted by atomic mass is 16.5. The van der Waals surface area contributed by atoms with Crippen LogP contribution < -0.4 is 10.5 Å². The highest BCUT2D eigenvalue weighted by Crippen LogP contribution is 2.31. The number of rotatable bonds is 9. The van der Waals surface area contributed by atoms with Gasteiger partial charge < -0.3 is 15.6 Å². The monoisotopic (exact) mass is 293 g/mol. The second-order valence-corrected chi connectivity index (χ2v) is 5.87. The van der Waals surface area contributed by atoms with Crippen molar-refractivity contribution in [2.75, 3.05) is 13.7 Å². The summed E-state index contributed by atoms with van der Waals surface area (Å²) in [7, 11) is 1.68. The van der Waals surface area contributed by atoms with Crippen LogP contribution in [0.3, 0.4) is 0 Å². The van der Waals surface area contributed by atoms with Crippen LogP contribution in [0.15, 0.2) is 18.2 Å². The molecule has 0 fully saturated rings. The van der Waals surface area contributed by atoms with E-state index in [-0.39, 0.29) is 12.0 Å². The summed E-state index contributed by atoms with van der Waals surface area (Å²) in [5, 5.41) is 10.8. The molecule has 0 saturated carbocycles. The Kier molecular flexibility index (Phi) is 7.76. The predicted octanol–water partition coefficient (Wildman–Crippen LogP) is 3.62. The molecule has 3 atom stereocenters. The molecule has 0 bridgehead atoms. The van der Waals surface area contributed by atoms with Crippen LogP contribution >= 0.6 is 0 Å². The van der Waals surface area contributed by atoms with Gasteiger partial charge in [0, 0.05) is 12.5 Å². The number of methoxy groups -OCH3 is 1. The number of unbranched alkanes of at least 4 members (excludes halogenated alkanes) is 1. The highest BCUT2D eigenvalue weighted by molar-refractivity contribution is 5.38. The predicted molar refractivity (Wildman–Crippen MR) is 88.8 cm³/mol. The van der Waals surface area contributed by atoms with Crippen LogP contribution in [0.1, 0.15) is 56.6 Å². The fraction of sp³-hybridized carbons (Fsp3) is 0.667. The van der Waals surface area contributed by atoms with E-state index < -0.39 is 0 Å². The number of benzene rings is 1. The van der Waals surface area contributed by atoms with Crippen LogP contribution in [-0.2, 0) is 0 Å². The maximum Gasteiger partial charge on any atom is 0.122 e. The minimum Gasteiger partial charge on any atom is -0.496 e. The van der Waals surface area contributed by atoms with E-state index in [1.807, 2.05) is 19.1 Å². The van der Waals surface area contributed by atoms with Gasteiger partial charge in [-0.2, -0.15) is 0 Å². The van der Waals surface area contributed by atoms with E-state index in [1.165, 1.54) is 0 Å². The Balaban J connectivity index is 2.94. The SMILES string of the molecule is CCCCC(CC)C(O)C(CN)c1ccc(C)c(OC)c1. The first-order valence-electron chi connectivity index (χ1n) is 8.11. The third-order valence-electron chi connectivity index (χ3n) is 4.46. The lowest BCUT2D eigenvalue weighted by Crippen LogP contribution is -2.32. The molecular weight excluding hydrogens is 262 g/mol. The number of hydrogen-bond donors (Lipinski definition) is 2. The van der Waals surface area contributed by atoms with Crippen molar-refractivity contribution in [3.63, 3.8) is 0 Å². The molecule has 3 unspecified atom stereocenters. The topological polar surface area (TPSA) is 55.5 Å². The molecule has 0 saturated heterocycles. The quantitative estimate of drug-likeness (QED) is 0.731. The second-order valence-electron chi connectivity index (χ2n) is 5.87. The average Bonchev–Trinajstić information content (AvgIpc) is 2.50. The summed E-state index contributed by atoms with van der Waals surface area (Å²) in [6.45, 7) is 6.81. The van der Waals surface area contributed by atoms with Gasteiger partial charge in [-0.3, -0.25) is 0 Å². The molecule has 0 amide bonds. The summed E-state index contributed by atoms with van der Waals surface area (Å²) < 4.78 is 5.39. The molecule has 1 rings (SSSR count). The van der Waals surface area contributed by atoms with Gasteiger partial charge in [0.2, 0.25) is 0 Å². The summed E-state index contributed by atoms with van der Waals surface area (Å²) in [6, 6.07) is 6.12. The highest BCUT2D eigenvalue weighted by Gasteiger charge is 2.27.